The molecule has 1 N–H and O–H groups in total. The molecular weight excluding hydrogens is 407 g/mol. The van der Waals surface area contributed by atoms with Gasteiger partial charge in [-0.05, 0) is 48.2 Å². The van der Waals surface area contributed by atoms with Crippen LogP contribution in [0.15, 0.2) is 48.5 Å². The fourth-order valence-corrected chi connectivity index (χ4v) is 4.45. The average Bonchev–Trinajstić information content (AvgIpc) is 3.05. The van der Waals surface area contributed by atoms with E-state index in [1.807, 2.05) is 41.3 Å². The van der Waals surface area contributed by atoms with Gasteiger partial charge in [-0.15, -0.1) is 0 Å². The molecule has 2 fully saturated rings. The average molecular weight is 439 g/mol. The number of halogens is 1. The van der Waals surface area contributed by atoms with Crippen molar-refractivity contribution >= 4 is 17.5 Å². The Labute approximate surface area is 189 Å². The number of anilines is 1. The molecule has 0 atom stereocenters. The van der Waals surface area contributed by atoms with E-state index in [0.29, 0.717) is 26.1 Å². The van der Waals surface area contributed by atoms with Crippen LogP contribution in [0.25, 0.3) is 0 Å². The minimum atomic E-state index is -0.226. The summed E-state index contributed by atoms with van der Waals surface area (Å²) in [5.41, 5.74) is 3.16. The van der Waals surface area contributed by atoms with Crippen LogP contribution in [0.3, 0.4) is 0 Å². The standard InChI is InChI=1S/C25H31FN4O2/c26-22-8-10-23(11-9-22)29-14-4-12-28(15-16-29)19-24(31)27-17-20-5-1-2-6-21(20)18-30-13-3-7-25(30)32/h1-2,5-6,8-11H,3-4,7,12-19H2,(H,27,31). The van der Waals surface area contributed by atoms with E-state index in [0.717, 1.165) is 62.4 Å². The molecule has 7 heteroatoms. The molecule has 4 rings (SSSR count). The number of hydrogen-bond donors (Lipinski definition) is 1. The predicted octanol–water partition coefficient (Wildman–Crippen LogP) is 2.78. The molecule has 0 spiro atoms. The van der Waals surface area contributed by atoms with Crippen LogP contribution in [0.5, 0.6) is 0 Å². The Balaban J connectivity index is 1.26. The van der Waals surface area contributed by atoms with Gasteiger partial charge >= 0.3 is 0 Å². The largest absolute Gasteiger partial charge is 0.370 e. The number of nitrogens with one attached hydrogen (secondary N) is 1. The monoisotopic (exact) mass is 438 g/mol. The number of amides is 2. The zero-order chi connectivity index (χ0) is 22.3. The Bertz CT molecular complexity index is 934. The molecule has 170 valence electrons. The van der Waals surface area contributed by atoms with Gasteiger partial charge in [-0.25, -0.2) is 4.39 Å². The lowest BCUT2D eigenvalue weighted by Gasteiger charge is -2.23. The molecule has 2 aromatic carbocycles. The van der Waals surface area contributed by atoms with Gasteiger partial charge in [0.25, 0.3) is 0 Å². The maximum absolute atomic E-state index is 13.2. The molecule has 2 aliphatic heterocycles. The van der Waals surface area contributed by atoms with Crippen molar-refractivity contribution in [2.24, 2.45) is 0 Å². The van der Waals surface area contributed by atoms with Gasteiger partial charge in [-0.2, -0.15) is 0 Å². The molecule has 0 saturated carbocycles. The van der Waals surface area contributed by atoms with E-state index in [1.165, 1.54) is 12.1 Å². The minimum Gasteiger partial charge on any atom is -0.370 e. The summed E-state index contributed by atoms with van der Waals surface area (Å²) in [5, 5.41) is 3.05. The summed E-state index contributed by atoms with van der Waals surface area (Å²) in [6.07, 6.45) is 2.51. The Kier molecular flexibility index (Phi) is 7.37. The molecule has 2 amide bonds. The highest BCUT2D eigenvalue weighted by molar-refractivity contribution is 5.78. The Hall–Kier alpha value is -2.93. The molecule has 0 unspecified atom stereocenters. The first-order chi connectivity index (χ1) is 15.6. The predicted molar refractivity (Wildman–Crippen MR) is 123 cm³/mol. The van der Waals surface area contributed by atoms with Crippen molar-refractivity contribution in [1.29, 1.82) is 0 Å². The zero-order valence-corrected chi connectivity index (χ0v) is 18.4. The summed E-state index contributed by atoms with van der Waals surface area (Å²) in [6.45, 7) is 5.60. The van der Waals surface area contributed by atoms with Crippen LogP contribution in [-0.2, 0) is 22.7 Å². The molecule has 0 radical (unpaired) electrons. The van der Waals surface area contributed by atoms with E-state index < -0.39 is 0 Å². The number of likely N-dealkylation sites (tertiary alicyclic amines) is 1. The molecule has 2 aliphatic rings. The van der Waals surface area contributed by atoms with Crippen LogP contribution in [0.2, 0.25) is 0 Å². The summed E-state index contributed by atoms with van der Waals surface area (Å²) >= 11 is 0. The molecule has 2 saturated heterocycles. The summed E-state index contributed by atoms with van der Waals surface area (Å²) in [5.74, 6) is -0.0116. The van der Waals surface area contributed by atoms with E-state index in [4.69, 9.17) is 0 Å². The summed E-state index contributed by atoms with van der Waals surface area (Å²) in [4.78, 5) is 30.9. The van der Waals surface area contributed by atoms with Crippen molar-refractivity contribution in [3.63, 3.8) is 0 Å². The van der Waals surface area contributed by atoms with Gasteiger partial charge in [0.1, 0.15) is 5.82 Å². The number of nitrogens with zero attached hydrogens (tertiary/aromatic N) is 3. The van der Waals surface area contributed by atoms with Crippen molar-refractivity contribution < 1.29 is 14.0 Å². The summed E-state index contributed by atoms with van der Waals surface area (Å²) in [7, 11) is 0. The minimum absolute atomic E-state index is 0.00674. The molecule has 32 heavy (non-hydrogen) atoms. The van der Waals surface area contributed by atoms with Crippen molar-refractivity contribution in [2.75, 3.05) is 44.2 Å². The molecule has 6 nitrogen and oxygen atoms in total. The molecule has 0 bridgehead atoms. The van der Waals surface area contributed by atoms with Crippen LogP contribution >= 0.6 is 0 Å². The number of carbonyl (C=O) groups excluding carboxylic acids is 2. The van der Waals surface area contributed by atoms with Crippen LogP contribution < -0.4 is 10.2 Å². The number of carbonyl (C=O) groups is 2. The smallest absolute Gasteiger partial charge is 0.234 e. The second-order valence-corrected chi connectivity index (χ2v) is 8.56. The quantitative estimate of drug-likeness (QED) is 0.722. The van der Waals surface area contributed by atoms with Gasteiger partial charge in [-0.3, -0.25) is 14.5 Å². The van der Waals surface area contributed by atoms with Crippen molar-refractivity contribution in [1.82, 2.24) is 15.1 Å². The molecule has 2 heterocycles. The maximum Gasteiger partial charge on any atom is 0.234 e. The SMILES string of the molecule is O=C(CN1CCCN(c2ccc(F)cc2)CC1)NCc1ccccc1CN1CCCC1=O. The lowest BCUT2D eigenvalue weighted by molar-refractivity contribution is -0.128. The van der Waals surface area contributed by atoms with Gasteiger partial charge < -0.3 is 15.1 Å². The maximum atomic E-state index is 13.2. The lowest BCUT2D eigenvalue weighted by Crippen LogP contribution is -2.39. The second-order valence-electron chi connectivity index (χ2n) is 8.56. The van der Waals surface area contributed by atoms with Gasteiger partial charge in [0.15, 0.2) is 0 Å². The van der Waals surface area contributed by atoms with E-state index >= 15 is 0 Å². The van der Waals surface area contributed by atoms with Crippen molar-refractivity contribution in [3.05, 3.63) is 65.5 Å². The van der Waals surface area contributed by atoms with E-state index in [-0.39, 0.29) is 17.6 Å². The zero-order valence-electron chi connectivity index (χ0n) is 18.4. The first-order valence-corrected chi connectivity index (χ1v) is 11.4. The fourth-order valence-electron chi connectivity index (χ4n) is 4.45. The number of rotatable bonds is 7. The third-order valence-electron chi connectivity index (χ3n) is 6.27. The van der Waals surface area contributed by atoms with Gasteiger partial charge in [0.05, 0.1) is 6.54 Å². The molecular formula is C25H31FN4O2. The number of benzene rings is 2. The van der Waals surface area contributed by atoms with Crippen molar-refractivity contribution in [3.8, 4) is 0 Å². The second kappa shape index (κ2) is 10.6. The van der Waals surface area contributed by atoms with Gasteiger partial charge in [0, 0.05) is 57.9 Å². The highest BCUT2D eigenvalue weighted by Gasteiger charge is 2.21. The summed E-state index contributed by atoms with van der Waals surface area (Å²) in [6, 6.07) is 14.6. The van der Waals surface area contributed by atoms with Gasteiger partial charge in [-0.1, -0.05) is 24.3 Å². The van der Waals surface area contributed by atoms with Crippen LogP contribution in [0.4, 0.5) is 10.1 Å². The van der Waals surface area contributed by atoms with E-state index in [1.54, 1.807) is 0 Å². The van der Waals surface area contributed by atoms with Crippen LogP contribution in [0.1, 0.15) is 30.4 Å². The Morgan fingerprint density at radius 2 is 1.69 bits per heavy atom. The third-order valence-corrected chi connectivity index (χ3v) is 6.27. The Morgan fingerprint density at radius 1 is 0.906 bits per heavy atom. The highest BCUT2D eigenvalue weighted by atomic mass is 19.1. The highest BCUT2D eigenvalue weighted by Crippen LogP contribution is 2.18. The first kappa shape index (κ1) is 22.3. The molecule has 0 aromatic heterocycles. The van der Waals surface area contributed by atoms with E-state index in [2.05, 4.69) is 15.1 Å². The normalized spacial score (nSPS) is 17.5. The Morgan fingerprint density at radius 3 is 2.44 bits per heavy atom. The first-order valence-electron chi connectivity index (χ1n) is 11.4. The molecule has 2 aromatic rings. The molecule has 0 aliphatic carbocycles. The van der Waals surface area contributed by atoms with Gasteiger partial charge in [0.2, 0.25) is 11.8 Å². The lowest BCUT2D eigenvalue weighted by atomic mass is 10.1. The number of hydrogen-bond acceptors (Lipinski definition) is 4. The van der Waals surface area contributed by atoms with Crippen LogP contribution in [-0.4, -0.2) is 60.9 Å². The topological polar surface area (TPSA) is 55.9 Å². The van der Waals surface area contributed by atoms with E-state index in [9.17, 15) is 14.0 Å². The summed E-state index contributed by atoms with van der Waals surface area (Å²) < 4.78 is 13.2. The van der Waals surface area contributed by atoms with Crippen LogP contribution in [0, 0.1) is 5.82 Å². The third kappa shape index (κ3) is 5.85. The fraction of sp³-hybridized carbons (Fsp3) is 0.440. The van der Waals surface area contributed by atoms with Crippen molar-refractivity contribution in [2.45, 2.75) is 32.4 Å².